The number of amides is 1. The summed E-state index contributed by atoms with van der Waals surface area (Å²) in [7, 11) is 1.63. The van der Waals surface area contributed by atoms with Crippen molar-refractivity contribution in [3.63, 3.8) is 0 Å². The summed E-state index contributed by atoms with van der Waals surface area (Å²) >= 11 is 0. The molecule has 36 heavy (non-hydrogen) atoms. The number of nitrogens with zero attached hydrogens (tertiary/aromatic N) is 6. The molecule has 1 saturated heterocycles. The van der Waals surface area contributed by atoms with Gasteiger partial charge >= 0.3 is 11.7 Å². The maximum Gasteiger partial charge on any atom is 0.329 e. The van der Waals surface area contributed by atoms with Gasteiger partial charge in [0.1, 0.15) is 12.6 Å². The van der Waals surface area contributed by atoms with Crippen LogP contribution < -0.4 is 10.6 Å². The molecule has 0 atom stereocenters. The van der Waals surface area contributed by atoms with E-state index < -0.39 is 12.6 Å². The second-order valence-electron chi connectivity index (χ2n) is 8.21. The number of fused-ring (bicyclic) bond motifs is 1. The molecule has 5 rings (SSSR count). The van der Waals surface area contributed by atoms with Gasteiger partial charge < -0.3 is 23.4 Å². The zero-order chi connectivity index (χ0) is 25.2. The van der Waals surface area contributed by atoms with Crippen molar-refractivity contribution < 1.29 is 23.2 Å². The standard InChI is InChI=1S/C24H22N6O6/c1-27-17-5-2-3-6-18(17)30(24(27)33)14-21(32)35-15-20(31)28-8-10-29(11-9-28)23-16(13-25)26-22(36-23)19-7-4-12-34-19/h2-7,12H,8-11,14-15H2,1H3. The Morgan fingerprint density at radius 2 is 1.86 bits per heavy atom. The number of piperazine rings is 1. The minimum Gasteiger partial charge on any atom is -0.459 e. The average Bonchev–Trinajstić information content (AvgIpc) is 3.64. The van der Waals surface area contributed by atoms with Crippen LogP contribution >= 0.6 is 0 Å². The number of anilines is 1. The van der Waals surface area contributed by atoms with Crippen LogP contribution in [0.15, 0.2) is 56.3 Å². The van der Waals surface area contributed by atoms with E-state index in [-0.39, 0.29) is 29.7 Å². The summed E-state index contributed by atoms with van der Waals surface area (Å²) in [6, 6.07) is 12.5. The topological polar surface area (TPSA) is 140 Å². The SMILES string of the molecule is Cn1c(=O)n(CC(=O)OCC(=O)N2CCN(c3oc(-c4ccco4)nc3C#N)CC2)c2ccccc21. The van der Waals surface area contributed by atoms with Crippen LogP contribution in [0.25, 0.3) is 22.7 Å². The molecule has 3 aromatic heterocycles. The van der Waals surface area contributed by atoms with Crippen molar-refractivity contribution in [1.29, 1.82) is 5.26 Å². The molecule has 12 heteroatoms. The molecule has 1 amide bonds. The van der Waals surface area contributed by atoms with Crippen molar-refractivity contribution >= 4 is 28.8 Å². The van der Waals surface area contributed by atoms with Gasteiger partial charge in [0.05, 0.1) is 17.3 Å². The van der Waals surface area contributed by atoms with Gasteiger partial charge in [-0.25, -0.2) is 4.79 Å². The third-order valence-corrected chi connectivity index (χ3v) is 6.06. The van der Waals surface area contributed by atoms with Gasteiger partial charge in [-0.15, -0.1) is 0 Å². The number of furan rings is 1. The Morgan fingerprint density at radius 3 is 2.56 bits per heavy atom. The summed E-state index contributed by atoms with van der Waals surface area (Å²) < 4.78 is 19.0. The average molecular weight is 490 g/mol. The van der Waals surface area contributed by atoms with Crippen molar-refractivity contribution in [3.8, 4) is 17.7 Å². The Kier molecular flexibility index (Phi) is 6.03. The fraction of sp³-hybridized carbons (Fsp3) is 0.292. The quantitative estimate of drug-likeness (QED) is 0.366. The van der Waals surface area contributed by atoms with Crippen LogP contribution in [0.5, 0.6) is 0 Å². The third kappa shape index (κ3) is 4.22. The molecule has 1 fully saturated rings. The van der Waals surface area contributed by atoms with Crippen LogP contribution in [0.2, 0.25) is 0 Å². The highest BCUT2D eigenvalue weighted by atomic mass is 16.5. The van der Waals surface area contributed by atoms with Gasteiger partial charge in [0, 0.05) is 33.2 Å². The summed E-state index contributed by atoms with van der Waals surface area (Å²) in [5.74, 6) is -0.0711. The molecule has 4 aromatic rings. The number of imidazole rings is 1. The molecule has 0 spiro atoms. The second kappa shape index (κ2) is 9.46. The zero-order valence-corrected chi connectivity index (χ0v) is 19.4. The van der Waals surface area contributed by atoms with Crippen LogP contribution in [-0.4, -0.2) is 63.7 Å². The number of aromatic nitrogens is 3. The van der Waals surface area contributed by atoms with Crippen LogP contribution in [0, 0.1) is 11.3 Å². The molecule has 0 unspecified atom stereocenters. The summed E-state index contributed by atoms with van der Waals surface area (Å²) in [4.78, 5) is 45.1. The molecule has 0 radical (unpaired) electrons. The zero-order valence-electron chi connectivity index (χ0n) is 19.4. The number of nitriles is 1. The summed E-state index contributed by atoms with van der Waals surface area (Å²) in [6.45, 7) is 0.801. The van der Waals surface area contributed by atoms with E-state index in [4.69, 9.17) is 13.6 Å². The van der Waals surface area contributed by atoms with Gasteiger partial charge in [-0.3, -0.25) is 18.7 Å². The fourth-order valence-corrected chi connectivity index (χ4v) is 4.19. The Labute approximate surface area is 204 Å². The number of esters is 1. The predicted octanol–water partition coefficient (Wildman–Crippen LogP) is 1.35. The smallest absolute Gasteiger partial charge is 0.329 e. The molecule has 12 nitrogen and oxygen atoms in total. The van der Waals surface area contributed by atoms with E-state index in [1.165, 1.54) is 15.4 Å². The number of aryl methyl sites for hydroxylation is 1. The molecule has 0 bridgehead atoms. The first-order valence-electron chi connectivity index (χ1n) is 11.2. The maximum atomic E-state index is 12.6. The van der Waals surface area contributed by atoms with Gasteiger partial charge in [-0.1, -0.05) is 12.1 Å². The molecule has 0 saturated carbocycles. The molecule has 1 aromatic carbocycles. The summed E-state index contributed by atoms with van der Waals surface area (Å²) in [5, 5.41) is 9.44. The molecule has 184 valence electrons. The largest absolute Gasteiger partial charge is 0.459 e. The first-order valence-corrected chi connectivity index (χ1v) is 11.2. The van der Waals surface area contributed by atoms with Gasteiger partial charge in [0.15, 0.2) is 12.4 Å². The van der Waals surface area contributed by atoms with E-state index in [1.807, 2.05) is 17.0 Å². The van der Waals surface area contributed by atoms with Crippen molar-refractivity contribution in [2.24, 2.45) is 7.05 Å². The number of hydrogen-bond acceptors (Lipinski definition) is 9. The van der Waals surface area contributed by atoms with E-state index in [1.54, 1.807) is 42.3 Å². The number of carbonyl (C=O) groups excluding carboxylic acids is 2. The number of para-hydroxylation sites is 2. The molecule has 0 N–H and O–H groups in total. The predicted molar refractivity (Wildman–Crippen MR) is 126 cm³/mol. The van der Waals surface area contributed by atoms with E-state index in [0.29, 0.717) is 48.9 Å². The Balaban J connectivity index is 1.16. The lowest BCUT2D eigenvalue weighted by molar-refractivity contribution is -0.152. The van der Waals surface area contributed by atoms with Gasteiger partial charge in [0.2, 0.25) is 11.6 Å². The Hall–Kier alpha value is -4.79. The van der Waals surface area contributed by atoms with Crippen LogP contribution in [-0.2, 0) is 27.9 Å². The van der Waals surface area contributed by atoms with Crippen LogP contribution in [0.1, 0.15) is 5.69 Å². The number of carbonyl (C=O) groups is 2. The maximum absolute atomic E-state index is 12.6. The molecule has 4 heterocycles. The number of rotatable bonds is 6. The monoisotopic (exact) mass is 490 g/mol. The number of hydrogen-bond donors (Lipinski definition) is 0. The fourth-order valence-electron chi connectivity index (χ4n) is 4.19. The molecule has 1 aliphatic heterocycles. The summed E-state index contributed by atoms with van der Waals surface area (Å²) in [6.07, 6.45) is 1.49. The van der Waals surface area contributed by atoms with E-state index in [9.17, 15) is 19.6 Å². The van der Waals surface area contributed by atoms with E-state index in [2.05, 4.69) is 4.98 Å². The number of ether oxygens (including phenoxy) is 1. The highest BCUT2D eigenvalue weighted by Crippen LogP contribution is 2.29. The molecular formula is C24H22N6O6. The lowest BCUT2D eigenvalue weighted by Crippen LogP contribution is -2.50. The molecular weight excluding hydrogens is 468 g/mol. The summed E-state index contributed by atoms with van der Waals surface area (Å²) in [5.41, 5.74) is 1.12. The minimum atomic E-state index is -0.675. The van der Waals surface area contributed by atoms with E-state index in [0.717, 1.165) is 0 Å². The van der Waals surface area contributed by atoms with Gasteiger partial charge in [-0.2, -0.15) is 10.2 Å². The van der Waals surface area contributed by atoms with Gasteiger partial charge in [0.25, 0.3) is 11.8 Å². The minimum absolute atomic E-state index is 0.138. The molecule has 1 aliphatic rings. The van der Waals surface area contributed by atoms with Crippen LogP contribution in [0.4, 0.5) is 5.88 Å². The lowest BCUT2D eigenvalue weighted by Gasteiger charge is -2.34. The van der Waals surface area contributed by atoms with E-state index >= 15 is 0 Å². The lowest BCUT2D eigenvalue weighted by atomic mass is 10.3. The van der Waals surface area contributed by atoms with Crippen molar-refractivity contribution in [1.82, 2.24) is 19.0 Å². The first kappa shape index (κ1) is 23.0. The highest BCUT2D eigenvalue weighted by Gasteiger charge is 2.27. The normalized spacial score (nSPS) is 13.7. The Morgan fingerprint density at radius 1 is 1.11 bits per heavy atom. The van der Waals surface area contributed by atoms with Crippen molar-refractivity contribution in [2.75, 3.05) is 37.7 Å². The van der Waals surface area contributed by atoms with Gasteiger partial charge in [-0.05, 0) is 24.3 Å². The first-order chi connectivity index (χ1) is 17.5. The molecule has 0 aliphatic carbocycles. The third-order valence-electron chi connectivity index (χ3n) is 6.06. The second-order valence-corrected chi connectivity index (χ2v) is 8.21. The van der Waals surface area contributed by atoms with Crippen molar-refractivity contribution in [3.05, 3.63) is 58.8 Å². The Bertz CT molecular complexity index is 1510. The van der Waals surface area contributed by atoms with Crippen molar-refractivity contribution in [2.45, 2.75) is 6.54 Å². The number of benzene rings is 1. The van der Waals surface area contributed by atoms with Crippen LogP contribution in [0.3, 0.4) is 0 Å². The number of oxazole rings is 1. The highest BCUT2D eigenvalue weighted by molar-refractivity contribution is 5.82.